The zero-order valence-electron chi connectivity index (χ0n) is 22.1. The van der Waals surface area contributed by atoms with Gasteiger partial charge in [0, 0.05) is 16.4 Å². The molecule has 0 fully saturated rings. The molecule has 2 aromatic heterocycles. The number of nitrogens with one attached hydrogen (secondary N) is 1. The van der Waals surface area contributed by atoms with Crippen LogP contribution in [0.2, 0.25) is 5.02 Å². The Morgan fingerprint density at radius 2 is 2.24 bits per heavy atom. The van der Waals surface area contributed by atoms with E-state index in [0.717, 1.165) is 24.8 Å². The molecule has 38 heavy (non-hydrogen) atoms. The van der Waals surface area contributed by atoms with Crippen molar-refractivity contribution < 1.29 is 9.53 Å². The van der Waals surface area contributed by atoms with Gasteiger partial charge in [-0.1, -0.05) is 56.3 Å². The maximum absolute atomic E-state index is 12.9. The Kier molecular flexibility index (Phi) is 8.86. The van der Waals surface area contributed by atoms with Gasteiger partial charge < -0.3 is 10.1 Å². The first-order chi connectivity index (χ1) is 18.1. The number of ether oxygens (including phenoxy) is 1. The maximum atomic E-state index is 12.9. The van der Waals surface area contributed by atoms with Gasteiger partial charge in [-0.25, -0.2) is 0 Å². The number of thioether (sulfide) groups is 1. The number of carbonyl (C=O) groups is 1. The van der Waals surface area contributed by atoms with Crippen LogP contribution in [0.1, 0.15) is 62.0 Å². The zero-order chi connectivity index (χ0) is 27.4. The summed E-state index contributed by atoms with van der Waals surface area (Å²) in [6.45, 7) is 13.0. The number of fused-ring (bicyclic) bond motifs is 1. The molecule has 1 amide bonds. The lowest BCUT2D eigenvalue weighted by atomic mass is 9.72. The fraction of sp³-hybridized carbons (Fsp3) is 0.429. The second-order valence-electron chi connectivity index (χ2n) is 10.4. The summed E-state index contributed by atoms with van der Waals surface area (Å²) in [5.74, 6) is 1.77. The molecule has 1 aromatic carbocycles. The lowest BCUT2D eigenvalue weighted by Gasteiger charge is -2.33. The minimum absolute atomic E-state index is 0.136. The molecule has 0 bridgehead atoms. The number of benzene rings is 1. The van der Waals surface area contributed by atoms with Gasteiger partial charge in [0.2, 0.25) is 5.91 Å². The lowest BCUT2D eigenvalue weighted by Crippen LogP contribution is -2.26. The third-order valence-corrected chi connectivity index (χ3v) is 9.09. The predicted octanol–water partition coefficient (Wildman–Crippen LogP) is 7.07. The van der Waals surface area contributed by atoms with E-state index in [9.17, 15) is 10.1 Å². The molecule has 7 nitrogen and oxygen atoms in total. The van der Waals surface area contributed by atoms with Crippen molar-refractivity contribution in [2.24, 2.45) is 11.3 Å². The number of nitriles is 1. The molecule has 2 atom stereocenters. The normalized spacial score (nSPS) is 15.8. The van der Waals surface area contributed by atoms with Gasteiger partial charge in [0.1, 0.15) is 16.8 Å². The van der Waals surface area contributed by atoms with E-state index in [1.54, 1.807) is 29.5 Å². The van der Waals surface area contributed by atoms with E-state index >= 15 is 0 Å². The Hall–Kier alpha value is -2.80. The minimum atomic E-state index is -0.392. The highest BCUT2D eigenvalue weighted by molar-refractivity contribution is 7.99. The van der Waals surface area contributed by atoms with Crippen molar-refractivity contribution >= 4 is 45.6 Å². The molecule has 0 saturated heterocycles. The van der Waals surface area contributed by atoms with Crippen LogP contribution in [-0.4, -0.2) is 26.4 Å². The number of aromatic nitrogens is 3. The summed E-state index contributed by atoms with van der Waals surface area (Å²) in [4.78, 5) is 14.1. The van der Waals surface area contributed by atoms with Crippen LogP contribution in [0, 0.1) is 22.7 Å². The van der Waals surface area contributed by atoms with Crippen molar-refractivity contribution in [1.29, 1.82) is 5.26 Å². The fourth-order valence-electron chi connectivity index (χ4n) is 4.63. The summed E-state index contributed by atoms with van der Waals surface area (Å²) in [6.07, 6.45) is 4.25. The van der Waals surface area contributed by atoms with Crippen LogP contribution < -0.4 is 10.1 Å². The molecular weight excluding hydrogens is 538 g/mol. The number of carbonyl (C=O) groups excluding carboxylic acids is 1. The molecular formula is C28H32ClN5O2S2. The minimum Gasteiger partial charge on any atom is -0.483 e. The topological polar surface area (TPSA) is 92.8 Å². The SMILES string of the molecule is C=CCn1c(SCC(=O)Nc2sc3c(c2C#N)CCC(C(C)(C)C)C3)nnc1C(C)Oc1cccc(Cl)c1. The largest absolute Gasteiger partial charge is 0.483 e. The summed E-state index contributed by atoms with van der Waals surface area (Å²) >= 11 is 8.91. The Morgan fingerprint density at radius 1 is 1.45 bits per heavy atom. The third kappa shape index (κ3) is 6.42. The van der Waals surface area contributed by atoms with Crippen molar-refractivity contribution in [3.63, 3.8) is 0 Å². The molecule has 0 saturated carbocycles. The number of nitrogens with zero attached hydrogens (tertiary/aromatic N) is 4. The number of halogens is 1. The monoisotopic (exact) mass is 569 g/mol. The molecule has 1 aliphatic carbocycles. The van der Waals surface area contributed by atoms with Crippen molar-refractivity contribution in [2.75, 3.05) is 11.1 Å². The molecule has 200 valence electrons. The average molecular weight is 570 g/mol. The van der Waals surface area contributed by atoms with E-state index in [1.807, 2.05) is 23.6 Å². The number of thiophene rings is 1. The second kappa shape index (κ2) is 11.9. The van der Waals surface area contributed by atoms with Crippen molar-refractivity contribution in [3.8, 4) is 11.8 Å². The van der Waals surface area contributed by atoms with Gasteiger partial charge in [-0.2, -0.15) is 5.26 Å². The molecule has 0 spiro atoms. The first-order valence-electron chi connectivity index (χ1n) is 12.5. The number of hydrogen-bond acceptors (Lipinski definition) is 7. The fourth-order valence-corrected chi connectivity index (χ4v) is 6.86. The van der Waals surface area contributed by atoms with Crippen LogP contribution in [0.4, 0.5) is 5.00 Å². The summed E-state index contributed by atoms with van der Waals surface area (Å²) in [6, 6.07) is 9.51. The smallest absolute Gasteiger partial charge is 0.235 e. The predicted molar refractivity (Wildman–Crippen MR) is 154 cm³/mol. The number of amides is 1. The molecule has 4 rings (SSSR count). The Balaban J connectivity index is 1.43. The molecule has 1 aliphatic rings. The van der Waals surface area contributed by atoms with E-state index in [-0.39, 0.29) is 17.1 Å². The number of hydrogen-bond donors (Lipinski definition) is 1. The van der Waals surface area contributed by atoms with Crippen LogP contribution in [0.3, 0.4) is 0 Å². The molecule has 1 N–H and O–H groups in total. The Bertz CT molecular complexity index is 1370. The first-order valence-corrected chi connectivity index (χ1v) is 14.7. The third-order valence-electron chi connectivity index (χ3n) is 6.72. The highest BCUT2D eigenvalue weighted by Gasteiger charge is 2.32. The Labute approximate surface area is 237 Å². The highest BCUT2D eigenvalue weighted by Crippen LogP contribution is 2.44. The van der Waals surface area contributed by atoms with Gasteiger partial charge in [-0.15, -0.1) is 28.1 Å². The second-order valence-corrected chi connectivity index (χ2v) is 12.9. The standard InChI is InChI=1S/C28H32ClN5O2S2/c1-6-12-34-25(17(2)36-20-9-7-8-19(29)14-20)32-33-27(34)37-16-24(35)31-26-22(15-30)21-11-10-18(28(3,4)5)13-23(21)38-26/h6-9,14,17-18H,1,10-13,16H2,2-5H3,(H,31,35). The van der Waals surface area contributed by atoms with Gasteiger partial charge in [-0.05, 0) is 61.3 Å². The van der Waals surface area contributed by atoms with Crippen LogP contribution in [0.5, 0.6) is 5.75 Å². The number of allylic oxidation sites excluding steroid dienone is 1. The van der Waals surface area contributed by atoms with Crippen molar-refractivity contribution in [1.82, 2.24) is 14.8 Å². The summed E-state index contributed by atoms with van der Waals surface area (Å²) in [5, 5.41) is 23.3. The van der Waals surface area contributed by atoms with E-state index in [2.05, 4.69) is 48.9 Å². The van der Waals surface area contributed by atoms with E-state index in [1.165, 1.54) is 16.6 Å². The highest BCUT2D eigenvalue weighted by atomic mass is 35.5. The average Bonchev–Trinajstić information content (AvgIpc) is 3.42. The van der Waals surface area contributed by atoms with Gasteiger partial charge in [-0.3, -0.25) is 9.36 Å². The molecule has 3 aromatic rings. The van der Waals surface area contributed by atoms with Crippen LogP contribution in [0.15, 0.2) is 42.1 Å². The summed E-state index contributed by atoms with van der Waals surface area (Å²) in [7, 11) is 0. The van der Waals surface area contributed by atoms with E-state index in [0.29, 0.717) is 44.8 Å². The molecule has 0 aliphatic heterocycles. The van der Waals surface area contributed by atoms with Crippen molar-refractivity contribution in [2.45, 2.75) is 64.8 Å². The summed E-state index contributed by atoms with van der Waals surface area (Å²) in [5.41, 5.74) is 1.93. The van der Waals surface area contributed by atoms with Gasteiger partial charge in [0.15, 0.2) is 17.1 Å². The quantitative estimate of drug-likeness (QED) is 0.219. The van der Waals surface area contributed by atoms with Gasteiger partial charge in [0.05, 0.1) is 11.3 Å². The maximum Gasteiger partial charge on any atom is 0.235 e. The van der Waals surface area contributed by atoms with Crippen LogP contribution in [-0.2, 0) is 24.2 Å². The first kappa shape index (κ1) is 28.2. The lowest BCUT2D eigenvalue weighted by molar-refractivity contribution is -0.113. The number of rotatable bonds is 9. The van der Waals surface area contributed by atoms with Crippen LogP contribution >= 0.6 is 34.7 Å². The molecule has 10 heteroatoms. The molecule has 2 heterocycles. The van der Waals surface area contributed by atoms with Gasteiger partial charge in [0.25, 0.3) is 0 Å². The molecule has 2 unspecified atom stereocenters. The van der Waals surface area contributed by atoms with Crippen molar-refractivity contribution in [3.05, 3.63) is 63.8 Å². The molecule has 0 radical (unpaired) electrons. The number of anilines is 1. The Morgan fingerprint density at radius 3 is 2.92 bits per heavy atom. The van der Waals surface area contributed by atoms with E-state index in [4.69, 9.17) is 16.3 Å². The zero-order valence-corrected chi connectivity index (χ0v) is 24.5. The van der Waals surface area contributed by atoms with Gasteiger partial charge >= 0.3 is 0 Å². The summed E-state index contributed by atoms with van der Waals surface area (Å²) < 4.78 is 7.91. The van der Waals surface area contributed by atoms with E-state index < -0.39 is 6.10 Å². The van der Waals surface area contributed by atoms with Crippen LogP contribution in [0.25, 0.3) is 0 Å².